The lowest BCUT2D eigenvalue weighted by atomic mass is 9.99. The molecule has 0 spiro atoms. The monoisotopic (exact) mass is 377 g/mol. The average Bonchev–Trinajstić information content (AvgIpc) is 3.12. The summed E-state index contributed by atoms with van der Waals surface area (Å²) < 4.78 is 26.8. The highest BCUT2D eigenvalue weighted by Crippen LogP contribution is 2.38. The van der Waals surface area contributed by atoms with Crippen molar-refractivity contribution in [3.63, 3.8) is 0 Å². The van der Waals surface area contributed by atoms with Crippen molar-refractivity contribution < 1.29 is 13.2 Å². The number of urea groups is 1. The van der Waals surface area contributed by atoms with Crippen LogP contribution in [0.25, 0.3) is 0 Å². The van der Waals surface area contributed by atoms with Gasteiger partial charge >= 0.3 is 6.03 Å². The van der Waals surface area contributed by atoms with E-state index in [9.17, 15) is 13.2 Å². The standard InChI is InChI=1S/C17H23N5O3S/c18-16(19)22-8-12(9-22)26(24,25)21-17(23)20-15-13-5-1-3-10(13)7-11-4-2-6-14(11)15/h7,12H,1-6,8-9H2,(H3,18,19)(H2,20,21,23). The molecule has 0 bridgehead atoms. The first-order valence-corrected chi connectivity index (χ1v) is 10.5. The van der Waals surface area contributed by atoms with Crippen LogP contribution in [-0.4, -0.2) is 43.6 Å². The first-order chi connectivity index (χ1) is 12.3. The van der Waals surface area contributed by atoms with Gasteiger partial charge in [-0.2, -0.15) is 0 Å². The number of benzene rings is 1. The number of likely N-dealkylation sites (tertiary alicyclic amines) is 1. The lowest BCUT2D eigenvalue weighted by molar-refractivity contribution is 0.255. The van der Waals surface area contributed by atoms with Crippen LogP contribution in [0.15, 0.2) is 6.07 Å². The van der Waals surface area contributed by atoms with Crippen molar-refractivity contribution in [2.24, 2.45) is 5.73 Å². The van der Waals surface area contributed by atoms with Crippen molar-refractivity contribution in [2.75, 3.05) is 18.4 Å². The molecule has 1 saturated heterocycles. The Bertz CT molecular complexity index is 858. The van der Waals surface area contributed by atoms with Gasteiger partial charge in [0.05, 0.1) is 0 Å². The van der Waals surface area contributed by atoms with Gasteiger partial charge in [-0.3, -0.25) is 5.41 Å². The molecule has 5 N–H and O–H groups in total. The quantitative estimate of drug-likeness (QED) is 0.455. The molecule has 1 aromatic carbocycles. The average molecular weight is 377 g/mol. The number of nitrogens with two attached hydrogens (primary N) is 1. The fraction of sp³-hybridized carbons (Fsp3) is 0.529. The van der Waals surface area contributed by atoms with Crippen molar-refractivity contribution in [2.45, 2.75) is 43.8 Å². The van der Waals surface area contributed by atoms with E-state index in [4.69, 9.17) is 11.1 Å². The third kappa shape index (κ3) is 2.90. The molecule has 1 fully saturated rings. The molecule has 3 aliphatic rings. The number of guanidine groups is 1. The molecule has 4 rings (SSSR count). The van der Waals surface area contributed by atoms with Crippen molar-refractivity contribution in [1.82, 2.24) is 9.62 Å². The van der Waals surface area contributed by atoms with Crippen molar-refractivity contribution in [3.05, 3.63) is 28.3 Å². The molecular weight excluding hydrogens is 354 g/mol. The van der Waals surface area contributed by atoms with Gasteiger partial charge in [-0.15, -0.1) is 0 Å². The van der Waals surface area contributed by atoms with Gasteiger partial charge in [0.1, 0.15) is 5.25 Å². The zero-order valence-corrected chi connectivity index (χ0v) is 15.3. The van der Waals surface area contributed by atoms with Gasteiger partial charge in [0.15, 0.2) is 5.96 Å². The predicted molar refractivity (Wildman–Crippen MR) is 98.8 cm³/mol. The zero-order valence-electron chi connectivity index (χ0n) is 14.5. The maximum atomic E-state index is 12.4. The molecule has 0 atom stereocenters. The van der Waals surface area contributed by atoms with Crippen molar-refractivity contribution in [3.8, 4) is 0 Å². The van der Waals surface area contributed by atoms with Crippen molar-refractivity contribution in [1.29, 1.82) is 5.41 Å². The van der Waals surface area contributed by atoms with Crippen LogP contribution in [0.2, 0.25) is 0 Å². The smallest absolute Gasteiger partial charge is 0.332 e. The second-order valence-electron chi connectivity index (χ2n) is 7.25. The fourth-order valence-corrected chi connectivity index (χ4v) is 5.38. The number of hydrogen-bond donors (Lipinski definition) is 4. The van der Waals surface area contributed by atoms with Crippen LogP contribution in [0, 0.1) is 5.41 Å². The number of sulfonamides is 1. The molecule has 1 aromatic rings. The van der Waals surface area contributed by atoms with E-state index in [0.29, 0.717) is 0 Å². The maximum Gasteiger partial charge on any atom is 0.332 e. The van der Waals surface area contributed by atoms with Gasteiger partial charge in [-0.1, -0.05) is 6.07 Å². The Balaban J connectivity index is 1.49. The molecule has 26 heavy (non-hydrogen) atoms. The summed E-state index contributed by atoms with van der Waals surface area (Å²) in [5.41, 5.74) is 11.0. The Labute approximate surface area is 152 Å². The number of carbonyl (C=O) groups is 1. The molecule has 8 nitrogen and oxygen atoms in total. The van der Waals surface area contributed by atoms with Gasteiger partial charge in [-0.25, -0.2) is 17.9 Å². The van der Waals surface area contributed by atoms with E-state index in [1.54, 1.807) is 0 Å². The fourth-order valence-electron chi connectivity index (χ4n) is 4.15. The predicted octanol–water partition coefficient (Wildman–Crippen LogP) is 0.693. The number of rotatable bonds is 3. The van der Waals surface area contributed by atoms with Crippen LogP contribution in [-0.2, 0) is 35.7 Å². The van der Waals surface area contributed by atoms with Crippen LogP contribution in [0.4, 0.5) is 10.5 Å². The van der Waals surface area contributed by atoms with Crippen LogP contribution in [0.3, 0.4) is 0 Å². The third-order valence-corrected chi connectivity index (χ3v) is 7.22. The number of amides is 2. The molecule has 2 amide bonds. The Morgan fingerprint density at radius 3 is 2.23 bits per heavy atom. The van der Waals surface area contributed by atoms with Crippen LogP contribution < -0.4 is 15.8 Å². The first kappa shape index (κ1) is 17.1. The number of hydrogen-bond acceptors (Lipinski definition) is 4. The van der Waals surface area contributed by atoms with E-state index >= 15 is 0 Å². The Morgan fingerprint density at radius 1 is 1.12 bits per heavy atom. The minimum absolute atomic E-state index is 0.133. The van der Waals surface area contributed by atoms with Crippen molar-refractivity contribution >= 4 is 27.7 Å². The van der Waals surface area contributed by atoms with Gasteiger partial charge in [-0.05, 0) is 60.8 Å². The highest BCUT2D eigenvalue weighted by molar-refractivity contribution is 7.90. The Kier molecular flexibility index (Phi) is 4.06. The summed E-state index contributed by atoms with van der Waals surface area (Å²) in [7, 11) is -3.79. The Hall–Kier alpha value is -2.29. The lowest BCUT2D eigenvalue weighted by Gasteiger charge is -2.38. The molecule has 1 aliphatic heterocycles. The second-order valence-corrected chi connectivity index (χ2v) is 9.21. The van der Waals surface area contributed by atoms with Gasteiger partial charge in [0, 0.05) is 18.8 Å². The number of aryl methyl sites for hydroxylation is 2. The topological polar surface area (TPSA) is 128 Å². The van der Waals surface area contributed by atoms with Crippen LogP contribution >= 0.6 is 0 Å². The minimum atomic E-state index is -3.79. The number of anilines is 1. The molecule has 0 saturated carbocycles. The lowest BCUT2D eigenvalue weighted by Crippen LogP contribution is -2.61. The van der Waals surface area contributed by atoms with E-state index < -0.39 is 21.3 Å². The van der Waals surface area contributed by atoms with E-state index in [0.717, 1.165) is 55.3 Å². The zero-order chi connectivity index (χ0) is 18.5. The second kappa shape index (κ2) is 6.15. The van der Waals surface area contributed by atoms with E-state index in [1.165, 1.54) is 16.0 Å². The van der Waals surface area contributed by atoms with Gasteiger partial charge in [0.25, 0.3) is 0 Å². The van der Waals surface area contributed by atoms with E-state index in [2.05, 4.69) is 16.1 Å². The molecule has 0 aromatic heterocycles. The molecule has 2 aliphatic carbocycles. The molecule has 9 heteroatoms. The number of carbonyl (C=O) groups excluding carboxylic acids is 1. The van der Waals surface area contributed by atoms with E-state index in [1.807, 2.05) is 0 Å². The molecule has 1 heterocycles. The summed E-state index contributed by atoms with van der Waals surface area (Å²) in [5.74, 6) is -0.156. The number of nitrogens with one attached hydrogen (secondary N) is 3. The SMILES string of the molecule is N=C(N)N1CC(S(=O)(=O)NC(=O)Nc2c3c(cc4c2CCC4)CCC3)C1. The number of fused-ring (bicyclic) bond motifs is 2. The summed E-state index contributed by atoms with van der Waals surface area (Å²) in [6.45, 7) is 0.266. The summed E-state index contributed by atoms with van der Waals surface area (Å²) >= 11 is 0. The molecular formula is C17H23N5O3S. The van der Waals surface area contributed by atoms with Crippen LogP contribution in [0.5, 0.6) is 0 Å². The van der Waals surface area contributed by atoms with E-state index in [-0.39, 0.29) is 19.0 Å². The normalized spacial score (nSPS) is 18.8. The molecule has 0 unspecified atom stereocenters. The minimum Gasteiger partial charge on any atom is -0.370 e. The Morgan fingerprint density at radius 2 is 1.69 bits per heavy atom. The van der Waals surface area contributed by atoms with Gasteiger partial charge in [0.2, 0.25) is 10.0 Å². The summed E-state index contributed by atoms with van der Waals surface area (Å²) in [4.78, 5) is 13.8. The van der Waals surface area contributed by atoms with Crippen LogP contribution in [0.1, 0.15) is 35.1 Å². The highest BCUT2D eigenvalue weighted by Gasteiger charge is 2.39. The number of nitrogens with zero attached hydrogens (tertiary/aromatic N) is 1. The molecule has 0 radical (unpaired) electrons. The first-order valence-electron chi connectivity index (χ1n) is 8.93. The van der Waals surface area contributed by atoms with Gasteiger partial charge < -0.3 is 16.0 Å². The maximum absolute atomic E-state index is 12.4. The third-order valence-electron chi connectivity index (χ3n) is 5.57. The highest BCUT2D eigenvalue weighted by atomic mass is 32.2. The largest absolute Gasteiger partial charge is 0.370 e. The summed E-state index contributed by atoms with van der Waals surface area (Å²) in [6.07, 6.45) is 5.99. The molecule has 140 valence electrons. The summed E-state index contributed by atoms with van der Waals surface area (Å²) in [5, 5.41) is 9.38. The summed E-state index contributed by atoms with van der Waals surface area (Å²) in [6, 6.07) is 1.55.